The summed E-state index contributed by atoms with van der Waals surface area (Å²) in [6.45, 7) is 6.97. The molecule has 0 aliphatic carbocycles. The van der Waals surface area contributed by atoms with E-state index in [-0.39, 0.29) is 6.61 Å². The second kappa shape index (κ2) is 8.13. The van der Waals surface area contributed by atoms with Crippen LogP contribution >= 0.6 is 11.6 Å². The van der Waals surface area contributed by atoms with Gasteiger partial charge in [-0.2, -0.15) is 9.90 Å². The average molecular weight is 416 g/mol. The Balaban J connectivity index is 1.69. The first kappa shape index (κ1) is 20.7. The van der Waals surface area contributed by atoms with Crippen molar-refractivity contribution >= 4 is 17.6 Å². The smallest absolute Gasteiger partial charge is 0.347 e. The van der Waals surface area contributed by atoms with Gasteiger partial charge in [-0.15, -0.1) is 5.10 Å². The molecule has 0 unspecified atom stereocenters. The Morgan fingerprint density at radius 1 is 1.14 bits per heavy atom. The molecule has 0 saturated heterocycles. The van der Waals surface area contributed by atoms with Crippen molar-refractivity contribution < 1.29 is 19.4 Å². The summed E-state index contributed by atoms with van der Waals surface area (Å²) in [5, 5.41) is 18.8. The zero-order chi connectivity index (χ0) is 21.2. The molecule has 0 amide bonds. The third kappa shape index (κ3) is 4.86. The number of aliphatic carboxylic acids is 1. The number of aryl methyl sites for hydroxylation is 2. The Hall–Kier alpha value is -3.06. The molecule has 0 aliphatic heterocycles. The molecule has 0 atom stereocenters. The molecule has 152 valence electrons. The highest BCUT2D eigenvalue weighted by Gasteiger charge is 2.29. The van der Waals surface area contributed by atoms with Gasteiger partial charge in [-0.25, -0.2) is 4.79 Å². The lowest BCUT2D eigenvalue weighted by atomic mass is 10.1. The number of ether oxygens (including phenoxy) is 2. The van der Waals surface area contributed by atoms with Crippen molar-refractivity contribution in [3.63, 3.8) is 0 Å². The minimum absolute atomic E-state index is 0.250. The third-order valence-electron chi connectivity index (χ3n) is 4.34. The molecule has 0 aliphatic rings. The van der Waals surface area contributed by atoms with Crippen LogP contribution in [-0.2, 0) is 11.4 Å². The third-order valence-corrected chi connectivity index (χ3v) is 4.59. The minimum atomic E-state index is -1.32. The predicted molar refractivity (Wildman–Crippen MR) is 109 cm³/mol. The Kier molecular flexibility index (Phi) is 5.79. The Morgan fingerprint density at radius 2 is 1.83 bits per heavy atom. The number of aromatic nitrogens is 3. The molecule has 7 nitrogen and oxygen atoms in total. The van der Waals surface area contributed by atoms with E-state index >= 15 is 0 Å². The van der Waals surface area contributed by atoms with Gasteiger partial charge in [0.25, 0.3) is 0 Å². The fourth-order valence-corrected chi connectivity index (χ4v) is 2.65. The van der Waals surface area contributed by atoms with Crippen LogP contribution in [0.2, 0.25) is 5.02 Å². The van der Waals surface area contributed by atoms with E-state index in [1.54, 1.807) is 35.1 Å². The number of benzene rings is 2. The molecule has 0 radical (unpaired) electrons. The zero-order valence-corrected chi connectivity index (χ0v) is 17.4. The van der Waals surface area contributed by atoms with E-state index in [4.69, 9.17) is 21.1 Å². The molecular formula is C21H22ClN3O4. The van der Waals surface area contributed by atoms with E-state index in [1.165, 1.54) is 13.8 Å². The number of carboxylic acids is 1. The second-order valence-electron chi connectivity index (χ2n) is 7.13. The van der Waals surface area contributed by atoms with Crippen molar-refractivity contribution in [2.24, 2.45) is 0 Å². The summed E-state index contributed by atoms with van der Waals surface area (Å²) < 4.78 is 11.4. The summed E-state index contributed by atoms with van der Waals surface area (Å²) in [5.74, 6) is 0.0921. The average Bonchev–Trinajstić information content (AvgIpc) is 3.03. The van der Waals surface area contributed by atoms with Gasteiger partial charge < -0.3 is 14.6 Å². The van der Waals surface area contributed by atoms with Crippen LogP contribution in [0.1, 0.15) is 30.8 Å². The Bertz CT molecular complexity index is 1030. The van der Waals surface area contributed by atoms with Crippen molar-refractivity contribution in [3.05, 3.63) is 64.4 Å². The number of carboxylic acid groups (broad SMARTS) is 1. The van der Waals surface area contributed by atoms with E-state index < -0.39 is 11.6 Å². The number of carbonyl (C=O) groups is 1. The van der Waals surface area contributed by atoms with Gasteiger partial charge in [-0.3, -0.25) is 0 Å². The van der Waals surface area contributed by atoms with Crippen molar-refractivity contribution in [2.45, 2.75) is 39.9 Å². The number of hydrogen-bond donors (Lipinski definition) is 1. The molecule has 0 bridgehead atoms. The van der Waals surface area contributed by atoms with E-state index in [0.29, 0.717) is 22.2 Å². The largest absolute Gasteiger partial charge is 0.487 e. The SMILES string of the molecule is Cc1cc(OCc2nn(-c3ccc(Cl)cc3)nc2C)ccc1OC(C)(C)C(=O)O. The first-order valence-electron chi connectivity index (χ1n) is 9.00. The molecule has 2 aromatic carbocycles. The van der Waals surface area contributed by atoms with Gasteiger partial charge in [0.05, 0.1) is 11.4 Å². The molecule has 1 heterocycles. The van der Waals surface area contributed by atoms with E-state index in [0.717, 1.165) is 16.9 Å². The zero-order valence-electron chi connectivity index (χ0n) is 16.6. The summed E-state index contributed by atoms with van der Waals surface area (Å²) in [4.78, 5) is 12.8. The van der Waals surface area contributed by atoms with Crippen LogP contribution in [0.15, 0.2) is 42.5 Å². The molecule has 8 heteroatoms. The van der Waals surface area contributed by atoms with Crippen molar-refractivity contribution in [1.82, 2.24) is 15.0 Å². The van der Waals surface area contributed by atoms with Gasteiger partial charge in [0.15, 0.2) is 5.60 Å². The van der Waals surface area contributed by atoms with Crippen LogP contribution in [0, 0.1) is 13.8 Å². The molecular weight excluding hydrogens is 394 g/mol. The number of halogens is 1. The van der Waals surface area contributed by atoms with Crippen LogP contribution in [-0.4, -0.2) is 31.7 Å². The molecule has 1 aromatic heterocycles. The molecule has 29 heavy (non-hydrogen) atoms. The Labute approximate surface area is 173 Å². The summed E-state index contributed by atoms with van der Waals surface area (Å²) in [6, 6.07) is 12.5. The monoisotopic (exact) mass is 415 g/mol. The standard InChI is InChI=1S/C21H22ClN3O4/c1-13-11-17(9-10-19(13)29-21(3,4)20(26)27)28-12-18-14(2)23-25(24-18)16-7-5-15(22)6-8-16/h5-11H,12H2,1-4H3,(H,26,27). The quantitative estimate of drug-likeness (QED) is 0.617. The van der Waals surface area contributed by atoms with Gasteiger partial charge >= 0.3 is 5.97 Å². The van der Waals surface area contributed by atoms with E-state index in [2.05, 4.69) is 10.2 Å². The van der Waals surface area contributed by atoms with Gasteiger partial charge in [-0.1, -0.05) is 11.6 Å². The molecule has 0 fully saturated rings. The maximum atomic E-state index is 11.2. The van der Waals surface area contributed by atoms with Gasteiger partial charge in [0, 0.05) is 5.02 Å². The van der Waals surface area contributed by atoms with Gasteiger partial charge in [0.1, 0.15) is 23.8 Å². The van der Waals surface area contributed by atoms with Crippen LogP contribution in [0.4, 0.5) is 0 Å². The van der Waals surface area contributed by atoms with Crippen LogP contribution < -0.4 is 9.47 Å². The highest BCUT2D eigenvalue weighted by Crippen LogP contribution is 2.27. The maximum Gasteiger partial charge on any atom is 0.347 e. The highest BCUT2D eigenvalue weighted by atomic mass is 35.5. The van der Waals surface area contributed by atoms with Crippen molar-refractivity contribution in [2.75, 3.05) is 0 Å². The minimum Gasteiger partial charge on any atom is -0.487 e. The van der Waals surface area contributed by atoms with Crippen molar-refractivity contribution in [3.8, 4) is 17.2 Å². The molecule has 3 aromatic rings. The van der Waals surface area contributed by atoms with Gasteiger partial charge in [0.2, 0.25) is 0 Å². The molecule has 0 spiro atoms. The first-order valence-corrected chi connectivity index (χ1v) is 9.38. The van der Waals surface area contributed by atoms with Crippen molar-refractivity contribution in [1.29, 1.82) is 0 Å². The molecule has 1 N–H and O–H groups in total. The predicted octanol–water partition coefficient (Wildman–Crippen LogP) is 4.36. The molecule has 3 rings (SSSR count). The van der Waals surface area contributed by atoms with E-state index in [1.807, 2.05) is 26.0 Å². The first-order chi connectivity index (χ1) is 13.7. The summed E-state index contributed by atoms with van der Waals surface area (Å²) in [6.07, 6.45) is 0. The fourth-order valence-electron chi connectivity index (χ4n) is 2.53. The lowest BCUT2D eigenvalue weighted by Crippen LogP contribution is -2.38. The topological polar surface area (TPSA) is 86.5 Å². The lowest BCUT2D eigenvalue weighted by molar-refractivity contribution is -0.152. The number of hydrogen-bond acceptors (Lipinski definition) is 5. The van der Waals surface area contributed by atoms with Crippen LogP contribution in [0.5, 0.6) is 11.5 Å². The normalized spacial score (nSPS) is 11.3. The van der Waals surface area contributed by atoms with Gasteiger partial charge in [-0.05, 0) is 75.7 Å². The van der Waals surface area contributed by atoms with Crippen LogP contribution in [0.3, 0.4) is 0 Å². The summed E-state index contributed by atoms with van der Waals surface area (Å²) >= 11 is 5.92. The molecule has 0 saturated carbocycles. The lowest BCUT2D eigenvalue weighted by Gasteiger charge is -2.23. The van der Waals surface area contributed by atoms with Crippen LogP contribution in [0.25, 0.3) is 5.69 Å². The Morgan fingerprint density at radius 3 is 2.45 bits per heavy atom. The highest BCUT2D eigenvalue weighted by molar-refractivity contribution is 6.30. The number of nitrogens with zero attached hydrogens (tertiary/aromatic N) is 3. The van der Waals surface area contributed by atoms with E-state index in [9.17, 15) is 9.90 Å². The summed E-state index contributed by atoms with van der Waals surface area (Å²) in [5.41, 5.74) is 1.75. The maximum absolute atomic E-state index is 11.2. The fraction of sp³-hybridized carbons (Fsp3) is 0.286. The number of rotatable bonds is 7. The summed E-state index contributed by atoms with van der Waals surface area (Å²) in [7, 11) is 0. The second-order valence-corrected chi connectivity index (χ2v) is 7.57.